The van der Waals surface area contributed by atoms with Gasteiger partial charge in [0, 0.05) is 0 Å². The summed E-state index contributed by atoms with van der Waals surface area (Å²) in [4.78, 5) is 25.6. The van der Waals surface area contributed by atoms with Crippen LogP contribution in [0.2, 0.25) is 0 Å². The summed E-state index contributed by atoms with van der Waals surface area (Å²) in [6.07, 6.45) is 1.31. The first kappa shape index (κ1) is 8.70. The molecule has 0 aromatic rings. The Balaban J connectivity index is 2.76. The van der Waals surface area contributed by atoms with Crippen LogP contribution < -0.4 is 11.1 Å². The van der Waals surface area contributed by atoms with E-state index < -0.39 is 11.8 Å². The summed E-state index contributed by atoms with van der Waals surface area (Å²) in [6.45, 7) is 1.90. The van der Waals surface area contributed by atoms with Gasteiger partial charge < -0.3 is 5.73 Å². The van der Waals surface area contributed by atoms with Gasteiger partial charge in [0.15, 0.2) is 0 Å². The van der Waals surface area contributed by atoms with Crippen molar-refractivity contribution in [2.75, 3.05) is 0 Å². The van der Waals surface area contributed by atoms with Crippen molar-refractivity contribution >= 4 is 17.8 Å². The van der Waals surface area contributed by atoms with Crippen LogP contribution in [0, 0.1) is 5.92 Å². The van der Waals surface area contributed by atoms with E-state index >= 15 is 0 Å². The fraction of sp³-hybridized carbons (Fsp3) is 0.571. The average molecular weight is 169 g/mol. The Bertz CT molecular complexity index is 247. The zero-order valence-corrected chi connectivity index (χ0v) is 6.83. The number of hydrogen-bond donors (Lipinski definition) is 2. The van der Waals surface area contributed by atoms with E-state index in [9.17, 15) is 9.59 Å². The number of rotatable bonds is 2. The van der Waals surface area contributed by atoms with Crippen LogP contribution in [0.15, 0.2) is 4.99 Å². The monoisotopic (exact) mass is 169 g/mol. The second-order valence-electron chi connectivity index (χ2n) is 2.67. The van der Waals surface area contributed by atoms with Crippen LogP contribution in [0.5, 0.6) is 0 Å². The molecule has 66 valence electrons. The van der Waals surface area contributed by atoms with Gasteiger partial charge in [-0.1, -0.05) is 13.3 Å². The van der Waals surface area contributed by atoms with E-state index in [1.54, 1.807) is 0 Å². The van der Waals surface area contributed by atoms with Gasteiger partial charge in [0.2, 0.25) is 11.9 Å². The van der Waals surface area contributed by atoms with Crippen molar-refractivity contribution in [1.29, 1.82) is 0 Å². The number of nitrogens with one attached hydrogen (secondary N) is 1. The van der Waals surface area contributed by atoms with Gasteiger partial charge in [0.05, 0.1) is 0 Å². The number of nitrogens with zero attached hydrogens (tertiary/aromatic N) is 1. The summed E-state index contributed by atoms with van der Waals surface area (Å²) in [5.41, 5.74) is 5.17. The molecular formula is C7H11N3O2. The Labute approximate surface area is 70.0 Å². The third-order valence-corrected chi connectivity index (χ3v) is 1.67. The first-order valence-corrected chi connectivity index (χ1v) is 3.84. The van der Waals surface area contributed by atoms with Crippen LogP contribution in [-0.4, -0.2) is 17.8 Å². The smallest absolute Gasteiger partial charge is 0.261 e. The van der Waals surface area contributed by atoms with E-state index in [0.717, 1.165) is 6.42 Å². The largest absolute Gasteiger partial charge is 0.369 e. The molecule has 0 fully saturated rings. The summed E-state index contributed by atoms with van der Waals surface area (Å²) >= 11 is 0. The van der Waals surface area contributed by atoms with Crippen LogP contribution >= 0.6 is 0 Å². The van der Waals surface area contributed by atoms with Gasteiger partial charge in [0.25, 0.3) is 5.91 Å². The van der Waals surface area contributed by atoms with Crippen LogP contribution in [-0.2, 0) is 9.59 Å². The Morgan fingerprint density at radius 2 is 2.25 bits per heavy atom. The number of carbonyl (C=O) groups excluding carboxylic acids is 2. The first-order chi connectivity index (χ1) is 5.65. The van der Waals surface area contributed by atoms with E-state index in [0.29, 0.717) is 6.42 Å². The number of carbonyl (C=O) groups is 2. The molecular weight excluding hydrogens is 158 g/mol. The highest BCUT2D eigenvalue weighted by Gasteiger charge is 2.29. The fourth-order valence-electron chi connectivity index (χ4n) is 1.09. The predicted octanol–water partition coefficient (Wildman–Crippen LogP) is -0.626. The summed E-state index contributed by atoms with van der Waals surface area (Å²) < 4.78 is 0. The molecule has 0 saturated carbocycles. The van der Waals surface area contributed by atoms with E-state index in [1.165, 1.54) is 0 Å². The standard InChI is InChI=1S/C7H11N3O2/c1-2-3-4-5(11)9-7(8)10-6(4)12/h4H,2-3H2,1H3,(H3,8,9,10,11,12). The van der Waals surface area contributed by atoms with E-state index in [1.807, 2.05) is 6.92 Å². The fourth-order valence-corrected chi connectivity index (χ4v) is 1.09. The Hall–Kier alpha value is -1.39. The van der Waals surface area contributed by atoms with Crippen molar-refractivity contribution < 1.29 is 9.59 Å². The lowest BCUT2D eigenvalue weighted by Crippen LogP contribution is -2.47. The second kappa shape index (κ2) is 3.34. The molecule has 5 nitrogen and oxygen atoms in total. The molecule has 1 unspecified atom stereocenters. The van der Waals surface area contributed by atoms with Crippen LogP contribution in [0.4, 0.5) is 0 Å². The molecule has 0 aromatic heterocycles. The van der Waals surface area contributed by atoms with Crippen molar-refractivity contribution in [3.63, 3.8) is 0 Å². The second-order valence-corrected chi connectivity index (χ2v) is 2.67. The highest BCUT2D eigenvalue weighted by Crippen LogP contribution is 2.11. The molecule has 0 aromatic carbocycles. The summed E-state index contributed by atoms with van der Waals surface area (Å²) in [6, 6.07) is 0. The molecule has 2 amide bonds. The molecule has 1 aliphatic heterocycles. The molecule has 0 spiro atoms. The Morgan fingerprint density at radius 1 is 1.58 bits per heavy atom. The maximum Gasteiger partial charge on any atom is 0.261 e. The Morgan fingerprint density at radius 3 is 2.75 bits per heavy atom. The van der Waals surface area contributed by atoms with Crippen LogP contribution in [0.3, 0.4) is 0 Å². The minimum Gasteiger partial charge on any atom is -0.369 e. The molecule has 0 aliphatic carbocycles. The normalized spacial score (nSPS) is 23.4. The number of aliphatic imine (C=N–C) groups is 1. The highest BCUT2D eigenvalue weighted by molar-refractivity contribution is 6.14. The maximum atomic E-state index is 11.1. The van der Waals surface area contributed by atoms with Gasteiger partial charge >= 0.3 is 0 Å². The van der Waals surface area contributed by atoms with E-state index in [2.05, 4.69) is 10.3 Å². The lowest BCUT2D eigenvalue weighted by Gasteiger charge is -2.16. The van der Waals surface area contributed by atoms with E-state index in [4.69, 9.17) is 5.73 Å². The van der Waals surface area contributed by atoms with Crippen molar-refractivity contribution in [2.24, 2.45) is 16.6 Å². The van der Waals surface area contributed by atoms with Gasteiger partial charge in [-0.05, 0) is 6.42 Å². The van der Waals surface area contributed by atoms with Crippen molar-refractivity contribution in [3.05, 3.63) is 0 Å². The lowest BCUT2D eigenvalue weighted by atomic mass is 10.0. The number of hydrogen-bond acceptors (Lipinski definition) is 3. The third kappa shape index (κ3) is 1.61. The van der Waals surface area contributed by atoms with Gasteiger partial charge in [-0.25, -0.2) is 0 Å². The highest BCUT2D eigenvalue weighted by atomic mass is 16.2. The van der Waals surface area contributed by atoms with Gasteiger partial charge in [-0.15, -0.1) is 0 Å². The third-order valence-electron chi connectivity index (χ3n) is 1.67. The Kier molecular flexibility index (Phi) is 2.42. The van der Waals surface area contributed by atoms with Crippen LogP contribution in [0.1, 0.15) is 19.8 Å². The molecule has 3 N–H and O–H groups in total. The quantitative estimate of drug-likeness (QED) is 0.540. The van der Waals surface area contributed by atoms with Crippen molar-refractivity contribution in [3.8, 4) is 0 Å². The number of nitrogens with two attached hydrogens (primary N) is 1. The van der Waals surface area contributed by atoms with Crippen LogP contribution in [0.25, 0.3) is 0 Å². The molecule has 1 atom stereocenters. The topological polar surface area (TPSA) is 84.6 Å². The summed E-state index contributed by atoms with van der Waals surface area (Å²) in [5.74, 6) is -1.51. The van der Waals surface area contributed by atoms with Gasteiger partial charge in [0.1, 0.15) is 5.92 Å². The first-order valence-electron chi connectivity index (χ1n) is 3.84. The summed E-state index contributed by atoms with van der Waals surface area (Å²) in [5, 5.41) is 2.31. The van der Waals surface area contributed by atoms with Gasteiger partial charge in [-0.3, -0.25) is 14.9 Å². The molecule has 0 bridgehead atoms. The molecule has 1 heterocycles. The molecule has 0 radical (unpaired) electrons. The molecule has 1 aliphatic rings. The molecule has 12 heavy (non-hydrogen) atoms. The van der Waals surface area contributed by atoms with Gasteiger partial charge in [-0.2, -0.15) is 4.99 Å². The zero-order valence-electron chi connectivity index (χ0n) is 6.83. The average Bonchev–Trinajstić information content (AvgIpc) is 1.96. The lowest BCUT2D eigenvalue weighted by molar-refractivity contribution is -0.133. The molecule has 1 rings (SSSR count). The zero-order chi connectivity index (χ0) is 9.14. The molecule has 0 saturated heterocycles. The SMILES string of the molecule is CCCC1C(=O)N=C(N)NC1=O. The van der Waals surface area contributed by atoms with Crippen molar-refractivity contribution in [2.45, 2.75) is 19.8 Å². The molecule has 5 heteroatoms. The minimum atomic E-state index is -0.637. The predicted molar refractivity (Wildman–Crippen MR) is 43.2 cm³/mol. The summed E-state index contributed by atoms with van der Waals surface area (Å²) in [7, 11) is 0. The number of amides is 2. The van der Waals surface area contributed by atoms with Crippen molar-refractivity contribution in [1.82, 2.24) is 5.32 Å². The minimum absolute atomic E-state index is 0.0997. The maximum absolute atomic E-state index is 11.1. The number of guanidine groups is 1. The van der Waals surface area contributed by atoms with E-state index in [-0.39, 0.29) is 11.9 Å².